The average molecular weight is 522 g/mol. The molecule has 3 heterocycles. The second-order valence-electron chi connectivity index (χ2n) is 10.8. The molecule has 2 atom stereocenters. The Bertz CT molecular complexity index is 1510. The minimum absolute atomic E-state index is 0.00860. The highest BCUT2D eigenvalue weighted by Crippen LogP contribution is 2.36. The molecule has 6 rings (SSSR count). The Balaban J connectivity index is 1.20. The summed E-state index contributed by atoms with van der Waals surface area (Å²) in [7, 11) is 0. The lowest BCUT2D eigenvalue weighted by molar-refractivity contribution is -0.135. The molecule has 6 heteroatoms. The van der Waals surface area contributed by atoms with E-state index in [1.54, 1.807) is 0 Å². The van der Waals surface area contributed by atoms with E-state index in [0.29, 0.717) is 19.6 Å². The van der Waals surface area contributed by atoms with Gasteiger partial charge in [-0.05, 0) is 78.6 Å². The number of likely N-dealkylation sites (tertiary alicyclic amines) is 1. The predicted molar refractivity (Wildman–Crippen MR) is 153 cm³/mol. The maximum absolute atomic E-state index is 13.6. The Morgan fingerprint density at radius 3 is 2.77 bits per heavy atom. The van der Waals surface area contributed by atoms with Crippen LogP contribution in [-0.2, 0) is 11.2 Å². The van der Waals surface area contributed by atoms with Crippen molar-refractivity contribution in [1.82, 2.24) is 14.9 Å². The number of aryl methyl sites for hydroxylation is 1. The van der Waals surface area contributed by atoms with E-state index >= 15 is 0 Å². The van der Waals surface area contributed by atoms with Gasteiger partial charge in [0.05, 0.1) is 23.7 Å². The summed E-state index contributed by atoms with van der Waals surface area (Å²) >= 11 is 0. The smallest absolute Gasteiger partial charge is 0.227 e. The van der Waals surface area contributed by atoms with E-state index < -0.39 is 0 Å². The second kappa shape index (κ2) is 11.1. The minimum Gasteiger partial charge on any atom is -0.493 e. The lowest BCUT2D eigenvalue weighted by atomic mass is 9.87. The highest BCUT2D eigenvalue weighted by Gasteiger charge is 2.32. The van der Waals surface area contributed by atoms with Crippen molar-refractivity contribution in [2.45, 2.75) is 45.1 Å². The predicted octanol–water partition coefficient (Wildman–Crippen LogP) is 6.15. The number of amides is 1. The third-order valence-corrected chi connectivity index (χ3v) is 8.14. The number of hydrogen-bond acceptors (Lipinski definition) is 4. The van der Waals surface area contributed by atoms with Crippen LogP contribution in [0.3, 0.4) is 0 Å². The van der Waals surface area contributed by atoms with Crippen LogP contribution < -0.4 is 4.74 Å². The molecule has 1 fully saturated rings. The lowest BCUT2D eigenvalue weighted by Crippen LogP contribution is -2.42. The first-order chi connectivity index (χ1) is 19.1. The number of aliphatic hydroxyl groups excluding tert-OH is 1. The monoisotopic (exact) mass is 521 g/mol. The molecule has 2 N–H and O–H groups in total. The van der Waals surface area contributed by atoms with Crippen LogP contribution in [0.5, 0.6) is 5.75 Å². The number of aromatic amines is 1. The van der Waals surface area contributed by atoms with Crippen LogP contribution in [0.25, 0.3) is 22.2 Å². The molecule has 0 bridgehead atoms. The van der Waals surface area contributed by atoms with Crippen LogP contribution in [0.4, 0.5) is 0 Å². The Hall–Kier alpha value is -3.90. The van der Waals surface area contributed by atoms with Crippen molar-refractivity contribution in [3.05, 3.63) is 95.3 Å². The summed E-state index contributed by atoms with van der Waals surface area (Å²) in [5.74, 6) is 2.21. The molecule has 0 radical (unpaired) electrons. The summed E-state index contributed by atoms with van der Waals surface area (Å²) in [4.78, 5) is 23.5. The molecular formula is C33H35N3O3. The van der Waals surface area contributed by atoms with Crippen molar-refractivity contribution >= 4 is 16.9 Å². The van der Waals surface area contributed by atoms with E-state index in [-0.39, 0.29) is 24.5 Å². The number of carbonyl (C=O) groups is 1. The highest BCUT2D eigenvalue weighted by molar-refractivity contribution is 5.82. The average Bonchev–Trinajstić information content (AvgIpc) is 3.34. The van der Waals surface area contributed by atoms with E-state index in [1.165, 1.54) is 0 Å². The molecule has 1 amide bonds. The first-order valence-electron chi connectivity index (χ1n) is 13.9. The zero-order chi connectivity index (χ0) is 26.8. The molecule has 3 aromatic carbocycles. The number of aliphatic hydroxyl groups is 1. The van der Waals surface area contributed by atoms with Crippen LogP contribution in [0.1, 0.15) is 48.7 Å². The molecule has 39 heavy (non-hydrogen) atoms. The molecule has 4 aromatic rings. The van der Waals surface area contributed by atoms with Gasteiger partial charge < -0.3 is 19.7 Å². The van der Waals surface area contributed by atoms with E-state index in [2.05, 4.69) is 64.6 Å². The molecule has 200 valence electrons. The van der Waals surface area contributed by atoms with Crippen molar-refractivity contribution in [2.24, 2.45) is 5.92 Å². The molecule has 0 aliphatic carbocycles. The van der Waals surface area contributed by atoms with Gasteiger partial charge in [0.25, 0.3) is 0 Å². The number of fused-ring (bicyclic) bond motifs is 2. The molecule has 0 spiro atoms. The van der Waals surface area contributed by atoms with Crippen molar-refractivity contribution in [1.29, 1.82) is 0 Å². The summed E-state index contributed by atoms with van der Waals surface area (Å²) in [5.41, 5.74) is 7.67. The van der Waals surface area contributed by atoms with Crippen molar-refractivity contribution in [3.63, 3.8) is 0 Å². The molecule has 2 aliphatic heterocycles. The van der Waals surface area contributed by atoms with Crippen LogP contribution >= 0.6 is 0 Å². The molecule has 2 aliphatic rings. The fraction of sp³-hybridized carbons (Fsp3) is 0.333. The van der Waals surface area contributed by atoms with Crippen LogP contribution in [0, 0.1) is 12.8 Å². The molecule has 1 aromatic heterocycles. The van der Waals surface area contributed by atoms with E-state index in [0.717, 1.165) is 76.1 Å². The fourth-order valence-corrected chi connectivity index (χ4v) is 5.97. The summed E-state index contributed by atoms with van der Waals surface area (Å²) in [6.45, 7) is 3.37. The van der Waals surface area contributed by atoms with E-state index in [9.17, 15) is 9.90 Å². The number of nitrogens with zero attached hydrogens (tertiary/aromatic N) is 2. The number of imidazole rings is 1. The van der Waals surface area contributed by atoms with Gasteiger partial charge in [-0.1, -0.05) is 54.1 Å². The molecule has 0 saturated carbocycles. The summed E-state index contributed by atoms with van der Waals surface area (Å²) in [6.07, 6.45) is 5.74. The first-order valence-corrected chi connectivity index (χ1v) is 13.9. The van der Waals surface area contributed by atoms with Gasteiger partial charge in [-0.25, -0.2) is 4.98 Å². The first kappa shape index (κ1) is 25.4. The Labute approximate surface area is 229 Å². The van der Waals surface area contributed by atoms with Gasteiger partial charge in [-0.15, -0.1) is 0 Å². The number of allylic oxidation sites excluding steroid dienone is 1. The van der Waals surface area contributed by atoms with E-state index in [1.807, 2.05) is 30.0 Å². The number of nitrogens with one attached hydrogen (secondary N) is 1. The SMILES string of the molecule is Cc1nc2ccc(-c3ccc4c(c3)C/C=C(/CC(=O)N3CC[C@H](CO)C[C@@H]3c3ccccc3)CCO4)cc2[nH]1. The van der Waals surface area contributed by atoms with Gasteiger partial charge in [0.15, 0.2) is 0 Å². The largest absolute Gasteiger partial charge is 0.493 e. The standard InChI is InChI=1S/C33H35N3O3/c1-22-34-29-11-9-27(20-30(29)35-22)26-10-12-32-28(19-26)8-7-23(14-16-39-32)18-33(38)36-15-13-24(21-37)17-31(36)25-5-3-2-4-6-25/h2-7,9-12,19-20,24,31,37H,8,13-18,21H2,1H3,(H,34,35)/b23-7+/t24-,31+/m0/s1. The number of aromatic nitrogens is 2. The number of benzene rings is 3. The summed E-state index contributed by atoms with van der Waals surface area (Å²) < 4.78 is 6.16. The summed E-state index contributed by atoms with van der Waals surface area (Å²) in [6, 6.07) is 22.9. The number of piperidine rings is 1. The van der Waals surface area contributed by atoms with Crippen LogP contribution in [-0.4, -0.2) is 45.6 Å². The van der Waals surface area contributed by atoms with Crippen molar-refractivity contribution in [3.8, 4) is 16.9 Å². The maximum atomic E-state index is 13.6. The minimum atomic E-state index is 0.00860. The fourth-order valence-electron chi connectivity index (χ4n) is 5.97. The van der Waals surface area contributed by atoms with Gasteiger partial charge in [-0.2, -0.15) is 0 Å². The third-order valence-electron chi connectivity index (χ3n) is 8.14. The van der Waals surface area contributed by atoms with Crippen LogP contribution in [0.15, 0.2) is 78.4 Å². The molecule has 1 saturated heterocycles. The topological polar surface area (TPSA) is 78.5 Å². The molecule has 0 unspecified atom stereocenters. The normalized spacial score (nSPS) is 20.9. The zero-order valence-corrected chi connectivity index (χ0v) is 22.4. The van der Waals surface area contributed by atoms with Crippen LogP contribution in [0.2, 0.25) is 0 Å². The highest BCUT2D eigenvalue weighted by atomic mass is 16.5. The Morgan fingerprint density at radius 1 is 1.10 bits per heavy atom. The van der Waals surface area contributed by atoms with Gasteiger partial charge in [0.2, 0.25) is 5.91 Å². The number of carbonyl (C=O) groups excluding carboxylic acids is 1. The lowest BCUT2D eigenvalue weighted by Gasteiger charge is -2.39. The number of ether oxygens (including phenoxy) is 1. The second-order valence-corrected chi connectivity index (χ2v) is 10.8. The van der Waals surface area contributed by atoms with Gasteiger partial charge in [-0.3, -0.25) is 4.79 Å². The summed E-state index contributed by atoms with van der Waals surface area (Å²) in [5, 5.41) is 9.79. The maximum Gasteiger partial charge on any atom is 0.227 e. The number of rotatable bonds is 5. The Kier molecular flexibility index (Phi) is 7.20. The van der Waals surface area contributed by atoms with Crippen molar-refractivity contribution < 1.29 is 14.6 Å². The van der Waals surface area contributed by atoms with Gasteiger partial charge in [0, 0.05) is 26.0 Å². The molecular weight excluding hydrogens is 486 g/mol. The number of hydrogen-bond donors (Lipinski definition) is 2. The van der Waals surface area contributed by atoms with E-state index in [4.69, 9.17) is 4.74 Å². The van der Waals surface area contributed by atoms with Crippen molar-refractivity contribution in [2.75, 3.05) is 19.8 Å². The van der Waals surface area contributed by atoms with Gasteiger partial charge in [0.1, 0.15) is 11.6 Å². The third kappa shape index (κ3) is 5.48. The Morgan fingerprint density at radius 2 is 1.92 bits per heavy atom. The van der Waals surface area contributed by atoms with Gasteiger partial charge >= 0.3 is 0 Å². The molecule has 6 nitrogen and oxygen atoms in total. The quantitative estimate of drug-likeness (QED) is 0.309. The number of H-pyrrole nitrogens is 1. The zero-order valence-electron chi connectivity index (χ0n) is 22.4.